The monoisotopic (exact) mass is 314 g/mol. The van der Waals surface area contributed by atoms with Crippen molar-refractivity contribution >= 4 is 5.97 Å². The van der Waals surface area contributed by atoms with E-state index in [0.717, 1.165) is 35.3 Å². The zero-order valence-corrected chi connectivity index (χ0v) is 13.2. The second-order valence-electron chi connectivity index (χ2n) is 5.99. The standard InChI is InChI=1S/C18H18O5/c1-10-4-3-5-11-7-14(23-18(11)19)16-12(6-10)17-15(21-9-22-17)8-13(16)20-2/h4,7-8,14H,3,5-6,9H2,1-2H3/b10-4-/t14-/m0/s1. The lowest BCUT2D eigenvalue weighted by Crippen LogP contribution is -2.08. The SMILES string of the molecule is COc1cc2c(c3c1[C@@H]1C=C(CC/C=C(/C)C3)C(=O)O1)OCO2. The van der Waals surface area contributed by atoms with Crippen molar-refractivity contribution in [2.45, 2.75) is 32.3 Å². The molecular formula is C18H18O5. The highest BCUT2D eigenvalue weighted by atomic mass is 16.7. The van der Waals surface area contributed by atoms with E-state index in [-0.39, 0.29) is 12.8 Å². The van der Waals surface area contributed by atoms with E-state index in [1.165, 1.54) is 5.57 Å². The van der Waals surface area contributed by atoms with Crippen LogP contribution in [0.25, 0.3) is 0 Å². The Hall–Kier alpha value is -2.43. The molecule has 0 aromatic heterocycles. The van der Waals surface area contributed by atoms with Gasteiger partial charge in [-0.1, -0.05) is 11.6 Å². The number of fused-ring (bicyclic) bond motifs is 5. The van der Waals surface area contributed by atoms with Gasteiger partial charge in [0.1, 0.15) is 5.75 Å². The molecule has 0 saturated carbocycles. The molecule has 5 nitrogen and oxygen atoms in total. The lowest BCUT2D eigenvalue weighted by molar-refractivity contribution is -0.140. The predicted octanol–water partition coefficient (Wildman–Crippen LogP) is 3.23. The highest BCUT2D eigenvalue weighted by Gasteiger charge is 2.34. The molecular weight excluding hydrogens is 296 g/mol. The van der Waals surface area contributed by atoms with E-state index in [1.807, 2.05) is 12.1 Å². The molecule has 2 heterocycles. The molecule has 0 fully saturated rings. The first-order chi connectivity index (χ1) is 11.2. The van der Waals surface area contributed by atoms with Gasteiger partial charge in [-0.15, -0.1) is 0 Å². The Morgan fingerprint density at radius 1 is 1.30 bits per heavy atom. The van der Waals surface area contributed by atoms with E-state index >= 15 is 0 Å². The van der Waals surface area contributed by atoms with Crippen molar-refractivity contribution in [3.8, 4) is 17.2 Å². The molecule has 2 bridgehead atoms. The third-order valence-electron chi connectivity index (χ3n) is 4.48. The zero-order valence-electron chi connectivity index (χ0n) is 13.2. The summed E-state index contributed by atoms with van der Waals surface area (Å²) in [5, 5.41) is 0. The van der Waals surface area contributed by atoms with Gasteiger partial charge in [-0.05, 0) is 32.3 Å². The molecule has 0 spiro atoms. The number of benzene rings is 1. The van der Waals surface area contributed by atoms with Crippen molar-refractivity contribution in [3.63, 3.8) is 0 Å². The van der Waals surface area contributed by atoms with Gasteiger partial charge in [-0.2, -0.15) is 0 Å². The summed E-state index contributed by atoms with van der Waals surface area (Å²) >= 11 is 0. The van der Waals surface area contributed by atoms with Crippen LogP contribution in [0, 0.1) is 0 Å². The van der Waals surface area contributed by atoms with Crippen LogP contribution in [0.15, 0.2) is 29.4 Å². The number of methoxy groups -OCH3 is 1. The summed E-state index contributed by atoms with van der Waals surface area (Å²) in [5.74, 6) is 1.83. The van der Waals surface area contributed by atoms with E-state index in [4.69, 9.17) is 18.9 Å². The molecule has 1 aliphatic carbocycles. The number of carbonyl (C=O) groups excluding carboxylic acids is 1. The van der Waals surface area contributed by atoms with E-state index < -0.39 is 6.10 Å². The topological polar surface area (TPSA) is 54.0 Å². The molecule has 3 aliphatic rings. The predicted molar refractivity (Wildman–Crippen MR) is 82.7 cm³/mol. The summed E-state index contributed by atoms with van der Waals surface area (Å²) in [5.41, 5.74) is 3.79. The molecule has 1 atom stereocenters. The number of carbonyl (C=O) groups is 1. The molecule has 1 aromatic rings. The van der Waals surface area contributed by atoms with Gasteiger partial charge in [0, 0.05) is 22.8 Å². The van der Waals surface area contributed by atoms with E-state index in [1.54, 1.807) is 7.11 Å². The molecule has 0 unspecified atom stereocenters. The number of hydrogen-bond acceptors (Lipinski definition) is 5. The summed E-state index contributed by atoms with van der Waals surface area (Å²) in [6.45, 7) is 2.29. The number of esters is 1. The van der Waals surface area contributed by atoms with Gasteiger partial charge in [0.25, 0.3) is 0 Å². The van der Waals surface area contributed by atoms with E-state index in [2.05, 4.69) is 13.0 Å². The molecule has 1 aromatic carbocycles. The van der Waals surface area contributed by atoms with Crippen LogP contribution in [-0.2, 0) is 16.0 Å². The van der Waals surface area contributed by atoms with E-state index in [9.17, 15) is 4.79 Å². The number of ether oxygens (including phenoxy) is 4. The summed E-state index contributed by atoms with van der Waals surface area (Å²) in [6.07, 6.45) is 5.89. The molecule has 120 valence electrons. The lowest BCUT2D eigenvalue weighted by Gasteiger charge is -2.20. The minimum absolute atomic E-state index is 0.198. The van der Waals surface area contributed by atoms with Crippen LogP contribution in [0.1, 0.15) is 37.0 Å². The van der Waals surface area contributed by atoms with Crippen molar-refractivity contribution in [2.24, 2.45) is 0 Å². The van der Waals surface area contributed by atoms with Crippen molar-refractivity contribution < 1.29 is 23.7 Å². The first-order valence-corrected chi connectivity index (χ1v) is 7.74. The number of allylic oxidation sites excluding steroid dienone is 2. The maximum atomic E-state index is 12.1. The van der Waals surface area contributed by atoms with Crippen LogP contribution < -0.4 is 14.2 Å². The summed E-state index contributed by atoms with van der Waals surface area (Å²) in [4.78, 5) is 12.1. The second kappa shape index (κ2) is 5.33. The zero-order chi connectivity index (χ0) is 16.0. The van der Waals surface area contributed by atoms with Crippen molar-refractivity contribution in [2.75, 3.05) is 13.9 Å². The fourth-order valence-corrected chi connectivity index (χ4v) is 3.38. The third kappa shape index (κ3) is 2.27. The maximum Gasteiger partial charge on any atom is 0.334 e. The highest BCUT2D eigenvalue weighted by Crippen LogP contribution is 2.48. The van der Waals surface area contributed by atoms with Crippen LogP contribution in [-0.4, -0.2) is 19.9 Å². The van der Waals surface area contributed by atoms with Gasteiger partial charge in [-0.25, -0.2) is 4.79 Å². The van der Waals surface area contributed by atoms with Crippen molar-refractivity contribution in [3.05, 3.63) is 40.5 Å². The Labute approximate surface area is 134 Å². The fourth-order valence-electron chi connectivity index (χ4n) is 3.38. The Kier molecular flexibility index (Phi) is 3.29. The second-order valence-corrected chi connectivity index (χ2v) is 5.99. The van der Waals surface area contributed by atoms with Gasteiger partial charge >= 0.3 is 5.97 Å². The van der Waals surface area contributed by atoms with Gasteiger partial charge < -0.3 is 18.9 Å². The molecule has 2 aliphatic heterocycles. The van der Waals surface area contributed by atoms with Crippen LogP contribution in [0.5, 0.6) is 17.2 Å². The Morgan fingerprint density at radius 2 is 2.17 bits per heavy atom. The largest absolute Gasteiger partial charge is 0.496 e. The van der Waals surface area contributed by atoms with E-state index in [0.29, 0.717) is 17.9 Å². The average molecular weight is 314 g/mol. The van der Waals surface area contributed by atoms with Gasteiger partial charge in [0.05, 0.1) is 7.11 Å². The minimum atomic E-state index is -0.428. The molecule has 0 N–H and O–H groups in total. The molecule has 4 rings (SSSR count). The van der Waals surface area contributed by atoms with Gasteiger partial charge in [0.15, 0.2) is 17.6 Å². The van der Waals surface area contributed by atoms with Gasteiger partial charge in [-0.3, -0.25) is 0 Å². The van der Waals surface area contributed by atoms with Crippen LogP contribution >= 0.6 is 0 Å². The smallest absolute Gasteiger partial charge is 0.334 e. The normalized spacial score (nSPS) is 24.3. The quantitative estimate of drug-likeness (QED) is 0.588. The minimum Gasteiger partial charge on any atom is -0.496 e. The average Bonchev–Trinajstić information content (AvgIpc) is 3.13. The Morgan fingerprint density at radius 3 is 3.00 bits per heavy atom. The molecule has 23 heavy (non-hydrogen) atoms. The van der Waals surface area contributed by atoms with Crippen molar-refractivity contribution in [1.82, 2.24) is 0 Å². The molecule has 5 heteroatoms. The fraction of sp³-hybridized carbons (Fsp3) is 0.389. The van der Waals surface area contributed by atoms with Crippen LogP contribution in [0.4, 0.5) is 0 Å². The maximum absolute atomic E-state index is 12.1. The molecule has 0 saturated heterocycles. The number of rotatable bonds is 1. The molecule has 0 amide bonds. The first-order valence-electron chi connectivity index (χ1n) is 7.74. The summed E-state index contributed by atoms with van der Waals surface area (Å²) < 4.78 is 22.3. The van der Waals surface area contributed by atoms with Gasteiger partial charge in [0.2, 0.25) is 6.79 Å². The summed E-state index contributed by atoms with van der Waals surface area (Å²) in [7, 11) is 1.61. The Balaban J connectivity index is 1.95. The van der Waals surface area contributed by atoms with Crippen LogP contribution in [0.2, 0.25) is 0 Å². The first kappa shape index (κ1) is 14.2. The lowest BCUT2D eigenvalue weighted by atomic mass is 9.92. The highest BCUT2D eigenvalue weighted by molar-refractivity contribution is 5.91. The number of hydrogen-bond donors (Lipinski definition) is 0. The Bertz CT molecular complexity index is 744. The third-order valence-corrected chi connectivity index (χ3v) is 4.48. The molecule has 0 radical (unpaired) electrons. The van der Waals surface area contributed by atoms with Crippen LogP contribution in [0.3, 0.4) is 0 Å². The summed E-state index contributed by atoms with van der Waals surface area (Å²) in [6, 6.07) is 1.81. The van der Waals surface area contributed by atoms with Crippen molar-refractivity contribution in [1.29, 1.82) is 0 Å².